The number of nitrogens with one attached hydrogen (secondary N) is 1. The Labute approximate surface area is 119 Å². The summed E-state index contributed by atoms with van der Waals surface area (Å²) < 4.78 is 27.1. The van der Waals surface area contributed by atoms with Gasteiger partial charge in [-0.3, -0.25) is 4.79 Å². The number of carbonyl (C=O) groups is 1. The fourth-order valence-corrected chi connectivity index (χ4v) is 2.45. The van der Waals surface area contributed by atoms with Crippen LogP contribution >= 0.6 is 15.9 Å². The van der Waals surface area contributed by atoms with Crippen LogP contribution < -0.4 is 5.32 Å². The lowest BCUT2D eigenvalue weighted by atomic mass is 10.1. The van der Waals surface area contributed by atoms with E-state index in [1.165, 1.54) is 0 Å². The molecule has 0 aromatic heterocycles. The molecule has 0 aliphatic carbocycles. The topological polar surface area (TPSA) is 32.3 Å². The highest BCUT2D eigenvalue weighted by Crippen LogP contribution is 2.20. The molecule has 3 nitrogen and oxygen atoms in total. The van der Waals surface area contributed by atoms with E-state index in [1.807, 2.05) is 6.92 Å². The lowest BCUT2D eigenvalue weighted by Crippen LogP contribution is -2.51. The number of halogens is 3. The molecule has 1 aliphatic heterocycles. The molecule has 1 aromatic carbocycles. The highest BCUT2D eigenvalue weighted by atomic mass is 79.9. The van der Waals surface area contributed by atoms with E-state index in [0.717, 1.165) is 18.7 Å². The molecular formula is C13H15BrF2N2O. The molecule has 2 rings (SSSR count). The van der Waals surface area contributed by atoms with Crippen LogP contribution in [0.25, 0.3) is 0 Å². The number of nitrogens with zero attached hydrogens (tertiary/aromatic N) is 1. The number of piperazine rings is 1. The summed E-state index contributed by atoms with van der Waals surface area (Å²) in [5, 5.41) is 3.22. The Morgan fingerprint density at radius 2 is 2.21 bits per heavy atom. The van der Waals surface area contributed by atoms with Gasteiger partial charge < -0.3 is 10.2 Å². The van der Waals surface area contributed by atoms with Gasteiger partial charge in [-0.05, 0) is 35.0 Å². The summed E-state index contributed by atoms with van der Waals surface area (Å²) in [5.74, 6) is -1.29. The van der Waals surface area contributed by atoms with E-state index >= 15 is 0 Å². The lowest BCUT2D eigenvalue weighted by molar-refractivity contribution is -0.131. The van der Waals surface area contributed by atoms with Crippen molar-refractivity contribution >= 4 is 21.8 Å². The summed E-state index contributed by atoms with van der Waals surface area (Å²) in [6.45, 7) is 3.91. The van der Waals surface area contributed by atoms with E-state index in [9.17, 15) is 13.6 Å². The number of carbonyl (C=O) groups excluding carboxylic acids is 1. The molecule has 1 unspecified atom stereocenters. The van der Waals surface area contributed by atoms with Crippen molar-refractivity contribution in [3.63, 3.8) is 0 Å². The molecule has 1 fully saturated rings. The fraction of sp³-hybridized carbons (Fsp3) is 0.462. The summed E-state index contributed by atoms with van der Waals surface area (Å²) in [4.78, 5) is 13.7. The van der Waals surface area contributed by atoms with Gasteiger partial charge in [0.25, 0.3) is 0 Å². The maximum Gasteiger partial charge on any atom is 0.227 e. The van der Waals surface area contributed by atoms with E-state index in [1.54, 1.807) is 4.90 Å². The third kappa shape index (κ3) is 3.51. The average molecular weight is 333 g/mol. The molecule has 0 spiro atoms. The monoisotopic (exact) mass is 332 g/mol. The zero-order chi connectivity index (χ0) is 14.0. The normalized spacial score (nSPS) is 19.6. The van der Waals surface area contributed by atoms with Crippen LogP contribution in [-0.4, -0.2) is 36.5 Å². The average Bonchev–Trinajstić information content (AvgIpc) is 2.36. The zero-order valence-electron chi connectivity index (χ0n) is 10.5. The van der Waals surface area contributed by atoms with Crippen LogP contribution in [-0.2, 0) is 11.2 Å². The van der Waals surface area contributed by atoms with Gasteiger partial charge in [0.1, 0.15) is 11.6 Å². The van der Waals surface area contributed by atoms with Gasteiger partial charge in [-0.25, -0.2) is 8.78 Å². The second-order valence-electron chi connectivity index (χ2n) is 4.73. The maximum absolute atomic E-state index is 13.7. The smallest absolute Gasteiger partial charge is 0.227 e. The van der Waals surface area contributed by atoms with Crippen LogP contribution in [0.1, 0.15) is 12.5 Å². The third-order valence-corrected chi connectivity index (χ3v) is 3.76. The first-order chi connectivity index (χ1) is 8.97. The van der Waals surface area contributed by atoms with Crippen molar-refractivity contribution in [1.82, 2.24) is 10.2 Å². The Morgan fingerprint density at radius 1 is 1.47 bits per heavy atom. The van der Waals surface area contributed by atoms with Crippen molar-refractivity contribution in [1.29, 1.82) is 0 Å². The van der Waals surface area contributed by atoms with Crippen LogP contribution in [0.3, 0.4) is 0 Å². The number of rotatable bonds is 2. The second-order valence-corrected chi connectivity index (χ2v) is 5.58. The minimum Gasteiger partial charge on any atom is -0.340 e. The molecule has 1 N–H and O–H groups in total. The first-order valence-electron chi connectivity index (χ1n) is 6.12. The van der Waals surface area contributed by atoms with E-state index in [2.05, 4.69) is 21.2 Å². The Balaban J connectivity index is 2.08. The third-order valence-electron chi connectivity index (χ3n) is 3.15. The standard InChI is InChI=1S/C13H15BrF2N2O/c1-8-7-18(3-2-17-8)13(19)5-9-4-12(16)10(14)6-11(9)15/h4,6,8,17H,2-3,5,7H2,1H3. The largest absolute Gasteiger partial charge is 0.340 e. The van der Waals surface area contributed by atoms with Crippen molar-refractivity contribution in [2.75, 3.05) is 19.6 Å². The van der Waals surface area contributed by atoms with Gasteiger partial charge in [-0.15, -0.1) is 0 Å². The molecular weight excluding hydrogens is 318 g/mol. The highest BCUT2D eigenvalue weighted by molar-refractivity contribution is 9.10. The van der Waals surface area contributed by atoms with Gasteiger partial charge in [-0.1, -0.05) is 0 Å². The first-order valence-corrected chi connectivity index (χ1v) is 6.91. The van der Waals surface area contributed by atoms with E-state index < -0.39 is 11.6 Å². The molecule has 0 bridgehead atoms. The quantitative estimate of drug-likeness (QED) is 0.841. The maximum atomic E-state index is 13.7. The van der Waals surface area contributed by atoms with Crippen LogP contribution in [0.5, 0.6) is 0 Å². The molecule has 1 atom stereocenters. The summed E-state index contributed by atoms with van der Waals surface area (Å²) in [6.07, 6.45) is -0.108. The highest BCUT2D eigenvalue weighted by Gasteiger charge is 2.21. The molecule has 0 saturated carbocycles. The zero-order valence-corrected chi connectivity index (χ0v) is 12.1. The molecule has 1 aromatic rings. The van der Waals surface area contributed by atoms with Crippen molar-refractivity contribution in [3.05, 3.63) is 33.8 Å². The van der Waals surface area contributed by atoms with Crippen molar-refractivity contribution in [3.8, 4) is 0 Å². The molecule has 6 heteroatoms. The predicted molar refractivity (Wildman–Crippen MR) is 71.8 cm³/mol. The summed E-state index contributed by atoms with van der Waals surface area (Å²) >= 11 is 2.91. The molecule has 104 valence electrons. The van der Waals surface area contributed by atoms with Crippen molar-refractivity contribution < 1.29 is 13.6 Å². The number of benzene rings is 1. The Morgan fingerprint density at radius 3 is 2.89 bits per heavy atom. The van der Waals surface area contributed by atoms with Crippen LogP contribution in [0.2, 0.25) is 0 Å². The molecule has 1 aliphatic rings. The van der Waals surface area contributed by atoms with E-state index in [4.69, 9.17) is 0 Å². The van der Waals surface area contributed by atoms with Crippen molar-refractivity contribution in [2.24, 2.45) is 0 Å². The van der Waals surface area contributed by atoms with Gasteiger partial charge in [0, 0.05) is 31.2 Å². The molecule has 1 amide bonds. The minimum atomic E-state index is -0.565. The summed E-state index contributed by atoms with van der Waals surface area (Å²) in [7, 11) is 0. The number of hydrogen-bond acceptors (Lipinski definition) is 2. The summed E-state index contributed by atoms with van der Waals surface area (Å²) in [6, 6.07) is 2.35. The molecule has 19 heavy (non-hydrogen) atoms. The van der Waals surface area contributed by atoms with E-state index in [-0.39, 0.29) is 28.4 Å². The second kappa shape index (κ2) is 5.96. The first kappa shape index (κ1) is 14.4. The van der Waals surface area contributed by atoms with Crippen LogP contribution in [0.4, 0.5) is 8.78 Å². The van der Waals surface area contributed by atoms with Gasteiger partial charge in [0.2, 0.25) is 5.91 Å². The Hall–Kier alpha value is -1.01. The SMILES string of the molecule is CC1CN(C(=O)Cc2cc(F)c(Br)cc2F)CCN1. The van der Waals surface area contributed by atoms with Gasteiger partial charge >= 0.3 is 0 Å². The molecule has 0 radical (unpaired) electrons. The van der Waals surface area contributed by atoms with Crippen LogP contribution in [0, 0.1) is 11.6 Å². The molecule has 1 saturated heterocycles. The minimum absolute atomic E-state index is 0.0667. The fourth-order valence-electron chi connectivity index (χ4n) is 2.13. The van der Waals surface area contributed by atoms with Crippen molar-refractivity contribution in [2.45, 2.75) is 19.4 Å². The van der Waals surface area contributed by atoms with Gasteiger partial charge in [-0.2, -0.15) is 0 Å². The van der Waals surface area contributed by atoms with Gasteiger partial charge in [0.15, 0.2) is 0 Å². The number of amides is 1. The predicted octanol–water partition coefficient (Wildman–Crippen LogP) is 2.09. The van der Waals surface area contributed by atoms with Gasteiger partial charge in [0.05, 0.1) is 10.9 Å². The Kier molecular flexibility index (Phi) is 4.52. The number of hydrogen-bond donors (Lipinski definition) is 1. The summed E-state index contributed by atoms with van der Waals surface area (Å²) in [5.41, 5.74) is 0.0943. The molecule has 1 heterocycles. The Bertz CT molecular complexity index is 496. The lowest BCUT2D eigenvalue weighted by Gasteiger charge is -2.32. The van der Waals surface area contributed by atoms with Crippen LogP contribution in [0.15, 0.2) is 16.6 Å². The van der Waals surface area contributed by atoms with E-state index in [0.29, 0.717) is 13.1 Å².